The maximum Gasteiger partial charge on any atom is 0.103 e. The van der Waals surface area contributed by atoms with Crippen LogP contribution in [0.5, 0.6) is 0 Å². The third-order valence-electron chi connectivity index (χ3n) is 5.04. The molecule has 0 fully saturated rings. The normalized spacial score (nSPS) is 17.0. The second-order valence-electron chi connectivity index (χ2n) is 7.45. The molecule has 0 bridgehead atoms. The molecule has 0 aliphatic carbocycles. The van der Waals surface area contributed by atoms with Crippen LogP contribution in [0.3, 0.4) is 0 Å². The van der Waals surface area contributed by atoms with Gasteiger partial charge >= 0.3 is 0 Å². The van der Waals surface area contributed by atoms with Crippen LogP contribution in [0.15, 0.2) is 84.8 Å². The van der Waals surface area contributed by atoms with Gasteiger partial charge in [0.25, 0.3) is 0 Å². The third kappa shape index (κ3) is 5.90. The van der Waals surface area contributed by atoms with Crippen molar-refractivity contribution < 1.29 is 0 Å². The van der Waals surface area contributed by atoms with Crippen molar-refractivity contribution in [1.82, 2.24) is 10.6 Å². The topological polar surface area (TPSA) is 65.3 Å². The molecule has 1 atom stereocenters. The van der Waals surface area contributed by atoms with Crippen LogP contribution in [0.1, 0.15) is 25.3 Å². The summed E-state index contributed by atoms with van der Waals surface area (Å²) in [4.78, 5) is 0. The summed E-state index contributed by atoms with van der Waals surface area (Å²) in [5.41, 5.74) is 6.56. The summed E-state index contributed by atoms with van der Waals surface area (Å²) >= 11 is 0. The van der Waals surface area contributed by atoms with E-state index in [2.05, 4.69) is 72.5 Å². The largest absolute Gasteiger partial charge is 0.372 e. The molecule has 1 unspecified atom stereocenters. The van der Waals surface area contributed by atoms with Crippen LogP contribution >= 0.6 is 0 Å². The molecule has 3 rings (SSSR count). The lowest BCUT2D eigenvalue weighted by molar-refractivity contribution is 0.652. The van der Waals surface area contributed by atoms with E-state index >= 15 is 0 Å². The summed E-state index contributed by atoms with van der Waals surface area (Å²) < 4.78 is 0. The van der Waals surface area contributed by atoms with Gasteiger partial charge in [0.15, 0.2) is 0 Å². The van der Waals surface area contributed by atoms with Crippen LogP contribution in [0.25, 0.3) is 6.08 Å². The highest BCUT2D eigenvalue weighted by Gasteiger charge is 2.14. The molecule has 0 amide bonds. The van der Waals surface area contributed by atoms with Gasteiger partial charge in [-0.05, 0) is 53.7 Å². The van der Waals surface area contributed by atoms with Gasteiger partial charge in [-0.3, -0.25) is 5.01 Å². The Morgan fingerprint density at radius 2 is 2.17 bits per heavy atom. The highest BCUT2D eigenvalue weighted by atomic mass is 15.5. The number of rotatable bonds is 9. The molecule has 0 aromatic heterocycles. The van der Waals surface area contributed by atoms with Gasteiger partial charge in [0.2, 0.25) is 0 Å². The Labute approximate surface area is 174 Å². The zero-order valence-corrected chi connectivity index (χ0v) is 17.1. The van der Waals surface area contributed by atoms with Crippen molar-refractivity contribution in [3.05, 3.63) is 90.3 Å². The SMILES string of the molecule is C=C/C(=C/C(=C)/C=C\C1=CNCN1)CCC(C)/C=C/c1ccc2c(c1)NCN2N. The number of hydrogen-bond acceptors (Lipinski definition) is 5. The third-order valence-corrected chi connectivity index (χ3v) is 5.04. The van der Waals surface area contributed by atoms with Crippen LogP contribution in [-0.4, -0.2) is 13.3 Å². The molecule has 0 saturated heterocycles. The number of hydrazine groups is 1. The molecule has 2 heterocycles. The molecule has 1 aromatic carbocycles. The average molecular weight is 390 g/mol. The minimum atomic E-state index is 0.466. The van der Waals surface area contributed by atoms with E-state index in [1.807, 2.05) is 24.4 Å². The summed E-state index contributed by atoms with van der Waals surface area (Å²) in [6, 6.07) is 6.30. The molecule has 5 nitrogen and oxygen atoms in total. The van der Waals surface area contributed by atoms with Crippen LogP contribution in [0.2, 0.25) is 0 Å². The number of fused-ring (bicyclic) bond motifs is 1. The predicted octanol–water partition coefficient (Wildman–Crippen LogP) is 4.40. The highest BCUT2D eigenvalue weighted by Crippen LogP contribution is 2.30. The lowest BCUT2D eigenvalue weighted by Gasteiger charge is -2.09. The standard InChI is InChI=1S/C24H31N5/c1-4-20(13-19(3)7-11-22-15-26-16-27-22)8-5-18(2)6-9-21-10-12-24-23(14-21)28-17-29(24)25/h4,6-7,9-15,18,26-28H,1,3,5,8,16-17,25H2,2H3/b9-6+,11-7-,20-13-. The minimum absolute atomic E-state index is 0.466. The summed E-state index contributed by atoms with van der Waals surface area (Å²) in [5.74, 6) is 6.37. The molecule has 29 heavy (non-hydrogen) atoms. The van der Waals surface area contributed by atoms with Gasteiger partial charge in [-0.1, -0.05) is 56.5 Å². The van der Waals surface area contributed by atoms with Crippen LogP contribution in [0, 0.1) is 5.92 Å². The maximum atomic E-state index is 5.91. The van der Waals surface area contributed by atoms with Gasteiger partial charge in [-0.2, -0.15) is 0 Å². The zero-order chi connectivity index (χ0) is 20.6. The fourth-order valence-electron chi connectivity index (χ4n) is 3.26. The number of benzene rings is 1. The van der Waals surface area contributed by atoms with E-state index in [4.69, 9.17) is 5.84 Å². The van der Waals surface area contributed by atoms with Crippen molar-refractivity contribution in [3.8, 4) is 0 Å². The molecular formula is C24H31N5. The molecule has 1 aromatic rings. The summed E-state index contributed by atoms with van der Waals surface area (Å²) in [6.07, 6.45) is 16.5. The number of hydrogen-bond donors (Lipinski definition) is 4. The molecule has 2 aliphatic rings. The van der Waals surface area contributed by atoms with Crippen LogP contribution in [0.4, 0.5) is 11.4 Å². The quantitative estimate of drug-likeness (QED) is 0.372. The lowest BCUT2D eigenvalue weighted by atomic mass is 9.98. The molecule has 0 spiro atoms. The molecular weight excluding hydrogens is 358 g/mol. The fourth-order valence-corrected chi connectivity index (χ4v) is 3.26. The summed E-state index contributed by atoms with van der Waals surface area (Å²) in [7, 11) is 0. The zero-order valence-electron chi connectivity index (χ0n) is 17.1. The smallest absolute Gasteiger partial charge is 0.103 e. The lowest BCUT2D eigenvalue weighted by Crippen LogP contribution is -2.29. The van der Waals surface area contributed by atoms with E-state index in [9.17, 15) is 0 Å². The van der Waals surface area contributed by atoms with Crippen molar-refractivity contribution in [2.45, 2.75) is 19.8 Å². The Morgan fingerprint density at radius 3 is 2.93 bits per heavy atom. The molecule has 5 N–H and O–H groups in total. The second kappa shape index (κ2) is 9.85. The van der Waals surface area contributed by atoms with Crippen molar-refractivity contribution >= 4 is 17.5 Å². The Hall–Kier alpha value is -3.18. The number of nitrogens with two attached hydrogens (primary N) is 1. The first-order valence-corrected chi connectivity index (χ1v) is 10.0. The first kappa shape index (κ1) is 20.6. The fraction of sp³-hybridized carbons (Fsp3) is 0.250. The van der Waals surface area contributed by atoms with Crippen LogP contribution < -0.4 is 26.8 Å². The molecule has 2 aliphatic heterocycles. The van der Waals surface area contributed by atoms with Crippen LogP contribution in [-0.2, 0) is 0 Å². The number of allylic oxidation sites excluding steroid dienone is 7. The van der Waals surface area contributed by atoms with Gasteiger partial charge in [0.05, 0.1) is 23.7 Å². The monoisotopic (exact) mass is 389 g/mol. The first-order chi connectivity index (χ1) is 14.0. The maximum absolute atomic E-state index is 5.91. The summed E-state index contributed by atoms with van der Waals surface area (Å²) in [6.45, 7) is 11.7. The Balaban J connectivity index is 1.50. The molecule has 0 saturated carbocycles. The van der Waals surface area contributed by atoms with Gasteiger partial charge in [-0.25, -0.2) is 5.84 Å². The predicted molar refractivity (Wildman–Crippen MR) is 125 cm³/mol. The summed E-state index contributed by atoms with van der Waals surface area (Å²) in [5, 5.41) is 11.4. The van der Waals surface area contributed by atoms with Gasteiger partial charge in [0.1, 0.15) is 6.67 Å². The van der Waals surface area contributed by atoms with Crippen molar-refractivity contribution in [1.29, 1.82) is 0 Å². The highest BCUT2D eigenvalue weighted by molar-refractivity contribution is 5.77. The van der Waals surface area contributed by atoms with Gasteiger partial charge in [0, 0.05) is 6.20 Å². The molecule has 5 heteroatoms. The van der Waals surface area contributed by atoms with Crippen molar-refractivity contribution in [2.75, 3.05) is 23.7 Å². The Kier molecular flexibility index (Phi) is 6.98. The average Bonchev–Trinajstić information content (AvgIpc) is 3.37. The first-order valence-electron chi connectivity index (χ1n) is 10.0. The second-order valence-corrected chi connectivity index (χ2v) is 7.45. The van der Waals surface area contributed by atoms with Crippen molar-refractivity contribution in [2.24, 2.45) is 11.8 Å². The number of anilines is 2. The molecule has 152 valence electrons. The Morgan fingerprint density at radius 1 is 1.31 bits per heavy atom. The van der Waals surface area contributed by atoms with Gasteiger partial charge in [-0.15, -0.1) is 0 Å². The van der Waals surface area contributed by atoms with E-state index in [0.717, 1.165) is 42.2 Å². The minimum Gasteiger partial charge on any atom is -0.372 e. The van der Waals surface area contributed by atoms with E-state index in [0.29, 0.717) is 12.6 Å². The van der Waals surface area contributed by atoms with E-state index in [1.165, 1.54) is 11.1 Å². The Bertz CT molecular complexity index is 875. The van der Waals surface area contributed by atoms with E-state index in [1.54, 1.807) is 5.01 Å². The molecule has 0 radical (unpaired) electrons. The van der Waals surface area contributed by atoms with Gasteiger partial charge < -0.3 is 16.0 Å². The van der Waals surface area contributed by atoms with E-state index < -0.39 is 0 Å². The van der Waals surface area contributed by atoms with E-state index in [-0.39, 0.29) is 0 Å². The van der Waals surface area contributed by atoms with Crippen molar-refractivity contribution in [3.63, 3.8) is 0 Å². The number of nitrogens with one attached hydrogen (secondary N) is 3. The number of nitrogens with zero attached hydrogens (tertiary/aromatic N) is 1.